The maximum atomic E-state index is 3.53. The molecular formula is C17H26N2S. The Kier molecular flexibility index (Phi) is 5.99. The van der Waals surface area contributed by atoms with E-state index in [0.717, 1.165) is 13.1 Å². The maximum absolute atomic E-state index is 3.53. The minimum Gasteiger partial charge on any atom is -0.347 e. The number of para-hydroxylation sites is 1. The minimum atomic E-state index is 0.523. The van der Waals surface area contributed by atoms with Crippen molar-refractivity contribution in [2.24, 2.45) is 0 Å². The molecule has 2 nitrogen and oxygen atoms in total. The van der Waals surface area contributed by atoms with Crippen LogP contribution in [-0.4, -0.2) is 22.1 Å². The van der Waals surface area contributed by atoms with Crippen LogP contribution in [0.5, 0.6) is 0 Å². The van der Waals surface area contributed by atoms with Gasteiger partial charge in [0.15, 0.2) is 0 Å². The number of fused-ring (bicyclic) bond motifs is 1. The Labute approximate surface area is 126 Å². The summed E-state index contributed by atoms with van der Waals surface area (Å²) in [5, 5.41) is 4.89. The SMILES string of the molecule is CCSCCCn1ccc2cccc(CNC(C)C)c21. The van der Waals surface area contributed by atoms with Crippen LogP contribution < -0.4 is 5.32 Å². The first kappa shape index (κ1) is 15.5. The molecule has 1 heterocycles. The molecule has 3 heteroatoms. The first-order valence-electron chi connectivity index (χ1n) is 7.60. The molecule has 0 aliphatic rings. The molecule has 2 aromatic rings. The van der Waals surface area contributed by atoms with E-state index in [4.69, 9.17) is 0 Å². The van der Waals surface area contributed by atoms with E-state index in [0.29, 0.717) is 6.04 Å². The molecule has 0 radical (unpaired) electrons. The Morgan fingerprint density at radius 2 is 2.10 bits per heavy atom. The number of nitrogens with one attached hydrogen (secondary N) is 1. The standard InChI is InChI=1S/C17H26N2S/c1-4-20-12-6-10-19-11-9-15-7-5-8-16(17(15)19)13-18-14(2)3/h5,7-9,11,14,18H,4,6,10,12-13H2,1-3H3. The van der Waals surface area contributed by atoms with Crippen molar-refractivity contribution in [2.75, 3.05) is 11.5 Å². The van der Waals surface area contributed by atoms with Crippen molar-refractivity contribution in [2.45, 2.75) is 46.3 Å². The van der Waals surface area contributed by atoms with Crippen molar-refractivity contribution < 1.29 is 0 Å². The van der Waals surface area contributed by atoms with Crippen LogP contribution in [0.4, 0.5) is 0 Å². The van der Waals surface area contributed by atoms with Gasteiger partial charge in [-0.25, -0.2) is 0 Å². The van der Waals surface area contributed by atoms with E-state index in [9.17, 15) is 0 Å². The van der Waals surface area contributed by atoms with Crippen molar-refractivity contribution in [3.8, 4) is 0 Å². The number of aryl methyl sites for hydroxylation is 1. The van der Waals surface area contributed by atoms with Gasteiger partial charge in [-0.3, -0.25) is 0 Å². The molecule has 0 saturated heterocycles. The number of hydrogen-bond acceptors (Lipinski definition) is 2. The predicted molar refractivity (Wildman–Crippen MR) is 91.5 cm³/mol. The second-order valence-corrected chi connectivity index (χ2v) is 6.84. The normalized spacial score (nSPS) is 11.6. The maximum Gasteiger partial charge on any atom is 0.0525 e. The molecule has 0 aliphatic carbocycles. The average molecular weight is 290 g/mol. The quantitative estimate of drug-likeness (QED) is 0.731. The van der Waals surface area contributed by atoms with Gasteiger partial charge in [-0.2, -0.15) is 11.8 Å². The molecule has 0 bridgehead atoms. The fourth-order valence-corrected chi connectivity index (χ4v) is 3.09. The Morgan fingerprint density at radius 1 is 1.25 bits per heavy atom. The summed E-state index contributed by atoms with van der Waals surface area (Å²) in [5.74, 6) is 2.47. The lowest BCUT2D eigenvalue weighted by atomic mass is 10.1. The summed E-state index contributed by atoms with van der Waals surface area (Å²) in [5.41, 5.74) is 2.81. The number of nitrogens with zero attached hydrogens (tertiary/aromatic N) is 1. The van der Waals surface area contributed by atoms with Gasteiger partial charge in [0.05, 0.1) is 5.52 Å². The molecular weight excluding hydrogens is 264 g/mol. The van der Waals surface area contributed by atoms with Crippen LogP contribution in [0.25, 0.3) is 10.9 Å². The lowest BCUT2D eigenvalue weighted by Gasteiger charge is -2.12. The summed E-state index contributed by atoms with van der Waals surface area (Å²) in [6.45, 7) is 8.69. The Balaban J connectivity index is 2.13. The fraction of sp³-hybridized carbons (Fsp3) is 0.529. The van der Waals surface area contributed by atoms with Gasteiger partial charge in [-0.15, -0.1) is 0 Å². The second kappa shape index (κ2) is 7.75. The highest BCUT2D eigenvalue weighted by Gasteiger charge is 2.06. The third kappa shape index (κ3) is 4.03. The second-order valence-electron chi connectivity index (χ2n) is 5.45. The molecule has 0 unspecified atom stereocenters. The van der Waals surface area contributed by atoms with E-state index in [2.05, 4.69) is 61.1 Å². The van der Waals surface area contributed by atoms with Gasteiger partial charge in [0, 0.05) is 25.3 Å². The summed E-state index contributed by atoms with van der Waals surface area (Å²) in [4.78, 5) is 0. The fourth-order valence-electron chi connectivity index (χ4n) is 2.47. The van der Waals surface area contributed by atoms with Crippen molar-refractivity contribution in [1.29, 1.82) is 0 Å². The van der Waals surface area contributed by atoms with Gasteiger partial charge in [0.2, 0.25) is 0 Å². The third-order valence-electron chi connectivity index (χ3n) is 3.46. The van der Waals surface area contributed by atoms with Crippen LogP contribution in [0.15, 0.2) is 30.5 Å². The molecule has 20 heavy (non-hydrogen) atoms. The zero-order valence-corrected chi connectivity index (χ0v) is 13.7. The zero-order valence-electron chi connectivity index (χ0n) is 12.9. The number of aromatic nitrogens is 1. The van der Waals surface area contributed by atoms with Crippen LogP contribution in [0.1, 0.15) is 32.8 Å². The van der Waals surface area contributed by atoms with Gasteiger partial charge in [0.1, 0.15) is 0 Å². The first-order valence-corrected chi connectivity index (χ1v) is 8.75. The van der Waals surface area contributed by atoms with Gasteiger partial charge in [0.25, 0.3) is 0 Å². The summed E-state index contributed by atoms with van der Waals surface area (Å²) in [6.07, 6.45) is 3.48. The monoisotopic (exact) mass is 290 g/mol. The number of benzene rings is 1. The van der Waals surface area contributed by atoms with Crippen LogP contribution >= 0.6 is 11.8 Å². The van der Waals surface area contributed by atoms with Gasteiger partial charge < -0.3 is 9.88 Å². The summed E-state index contributed by atoms with van der Waals surface area (Å²) in [7, 11) is 0. The largest absolute Gasteiger partial charge is 0.347 e. The number of rotatable bonds is 8. The van der Waals surface area contributed by atoms with Crippen LogP contribution in [0.3, 0.4) is 0 Å². The lowest BCUT2D eigenvalue weighted by molar-refractivity contribution is 0.588. The Hall–Kier alpha value is -0.930. The average Bonchev–Trinajstić information content (AvgIpc) is 2.85. The van der Waals surface area contributed by atoms with Crippen LogP contribution in [0.2, 0.25) is 0 Å². The molecule has 0 fully saturated rings. The van der Waals surface area contributed by atoms with Crippen molar-refractivity contribution in [1.82, 2.24) is 9.88 Å². The van der Waals surface area contributed by atoms with E-state index in [1.165, 1.54) is 34.4 Å². The van der Waals surface area contributed by atoms with E-state index < -0.39 is 0 Å². The summed E-state index contributed by atoms with van der Waals surface area (Å²) < 4.78 is 2.42. The van der Waals surface area contributed by atoms with Gasteiger partial charge in [-0.1, -0.05) is 39.0 Å². The van der Waals surface area contributed by atoms with E-state index in [1.807, 2.05) is 11.8 Å². The van der Waals surface area contributed by atoms with Gasteiger partial charge >= 0.3 is 0 Å². The molecule has 1 aromatic heterocycles. The van der Waals surface area contributed by atoms with Crippen LogP contribution in [-0.2, 0) is 13.1 Å². The third-order valence-corrected chi connectivity index (χ3v) is 4.45. The zero-order chi connectivity index (χ0) is 14.4. The highest BCUT2D eigenvalue weighted by molar-refractivity contribution is 7.99. The summed E-state index contributed by atoms with van der Waals surface area (Å²) >= 11 is 2.03. The molecule has 0 spiro atoms. The first-order chi connectivity index (χ1) is 9.72. The van der Waals surface area contributed by atoms with E-state index >= 15 is 0 Å². The number of thioether (sulfide) groups is 1. The molecule has 1 N–H and O–H groups in total. The molecule has 0 amide bonds. The molecule has 110 valence electrons. The highest BCUT2D eigenvalue weighted by atomic mass is 32.2. The van der Waals surface area contributed by atoms with E-state index in [1.54, 1.807) is 0 Å². The Bertz CT molecular complexity index is 531. The molecule has 1 aromatic carbocycles. The minimum absolute atomic E-state index is 0.523. The lowest BCUT2D eigenvalue weighted by Crippen LogP contribution is -2.22. The van der Waals surface area contributed by atoms with Crippen molar-refractivity contribution in [3.63, 3.8) is 0 Å². The van der Waals surface area contributed by atoms with Crippen LogP contribution in [0, 0.1) is 0 Å². The van der Waals surface area contributed by atoms with Crippen molar-refractivity contribution in [3.05, 3.63) is 36.0 Å². The molecule has 0 saturated carbocycles. The smallest absolute Gasteiger partial charge is 0.0525 e. The molecule has 0 atom stereocenters. The highest BCUT2D eigenvalue weighted by Crippen LogP contribution is 2.21. The number of hydrogen-bond donors (Lipinski definition) is 1. The topological polar surface area (TPSA) is 17.0 Å². The van der Waals surface area contributed by atoms with E-state index in [-0.39, 0.29) is 0 Å². The molecule has 2 rings (SSSR count). The summed E-state index contributed by atoms with van der Waals surface area (Å²) in [6, 6.07) is 9.38. The van der Waals surface area contributed by atoms with Crippen molar-refractivity contribution >= 4 is 22.7 Å². The molecule has 0 aliphatic heterocycles. The Morgan fingerprint density at radius 3 is 2.85 bits per heavy atom. The van der Waals surface area contributed by atoms with Gasteiger partial charge in [-0.05, 0) is 34.9 Å². The predicted octanol–water partition coefficient (Wildman–Crippen LogP) is 4.28.